The molecule has 0 unspecified atom stereocenters. The Morgan fingerprint density at radius 3 is 2.79 bits per heavy atom. The van der Waals surface area contributed by atoms with Crippen LogP contribution in [0.5, 0.6) is 0 Å². The summed E-state index contributed by atoms with van der Waals surface area (Å²) in [7, 11) is 0. The quantitative estimate of drug-likeness (QED) is 0.784. The van der Waals surface area contributed by atoms with E-state index in [0.717, 1.165) is 43.9 Å². The zero-order valence-electron chi connectivity index (χ0n) is 13.7. The molecule has 1 fully saturated rings. The maximum atomic E-state index is 12.2. The number of ether oxygens (including phenoxy) is 1. The van der Waals surface area contributed by atoms with Crippen LogP contribution in [0.1, 0.15) is 28.8 Å². The first-order valence-corrected chi connectivity index (χ1v) is 9.38. The molecule has 1 aliphatic heterocycles. The number of hydrogen-bond acceptors (Lipinski definition) is 4. The van der Waals surface area contributed by atoms with Gasteiger partial charge in [-0.15, -0.1) is 0 Å². The molecule has 6 heteroatoms. The Balaban J connectivity index is 1.39. The number of carbonyl (C=O) groups excluding carboxylic acids is 1. The number of hydrogen-bond donors (Lipinski definition) is 1. The smallest absolute Gasteiger partial charge is 0.251 e. The number of nitrogens with one attached hydrogen (secondary N) is 1. The average Bonchev–Trinajstić information content (AvgIpc) is 3.13. The van der Waals surface area contributed by atoms with Gasteiger partial charge >= 0.3 is 0 Å². The fraction of sp³-hybridized carbons (Fsp3) is 0.444. The highest BCUT2D eigenvalue weighted by Gasteiger charge is 2.13. The average molecular weight is 345 g/mol. The van der Waals surface area contributed by atoms with Gasteiger partial charge in [-0.3, -0.25) is 4.79 Å². The zero-order chi connectivity index (χ0) is 16.6. The topological polar surface area (TPSA) is 56.1 Å². The van der Waals surface area contributed by atoms with Gasteiger partial charge in [-0.05, 0) is 30.5 Å². The van der Waals surface area contributed by atoms with E-state index in [4.69, 9.17) is 4.74 Å². The molecule has 1 amide bonds. The Hall–Kier alpha value is -1.79. The predicted molar refractivity (Wildman–Crippen MR) is 96.4 cm³/mol. The van der Waals surface area contributed by atoms with Crippen LogP contribution < -0.4 is 5.32 Å². The minimum atomic E-state index is -0.00300. The minimum Gasteiger partial charge on any atom is -0.381 e. The second-order valence-corrected chi connectivity index (χ2v) is 7.28. The summed E-state index contributed by atoms with van der Waals surface area (Å²) in [6.45, 7) is 3.21. The first kappa shape index (κ1) is 17.0. The van der Waals surface area contributed by atoms with Crippen LogP contribution in [0.4, 0.5) is 0 Å². The van der Waals surface area contributed by atoms with Gasteiger partial charge in [0.15, 0.2) is 0 Å². The van der Waals surface area contributed by atoms with Crippen LogP contribution in [0.3, 0.4) is 0 Å². The third-order valence-corrected chi connectivity index (χ3v) is 5.43. The lowest BCUT2D eigenvalue weighted by atomic mass is 10.1. The first-order valence-electron chi connectivity index (χ1n) is 8.33. The summed E-state index contributed by atoms with van der Waals surface area (Å²) >= 11 is 1.94. The van der Waals surface area contributed by atoms with Crippen LogP contribution in [0.15, 0.2) is 43.0 Å². The van der Waals surface area contributed by atoms with Crippen molar-refractivity contribution < 1.29 is 9.53 Å². The van der Waals surface area contributed by atoms with Gasteiger partial charge in [0.1, 0.15) is 0 Å². The summed E-state index contributed by atoms with van der Waals surface area (Å²) in [6.07, 6.45) is 7.72. The Bertz CT molecular complexity index is 622. The highest BCUT2D eigenvalue weighted by Crippen LogP contribution is 2.21. The molecule has 1 aromatic carbocycles. The number of amides is 1. The maximum Gasteiger partial charge on any atom is 0.251 e. The number of thioether (sulfide) groups is 1. The summed E-state index contributed by atoms with van der Waals surface area (Å²) in [4.78, 5) is 16.2. The van der Waals surface area contributed by atoms with Crippen molar-refractivity contribution in [3.63, 3.8) is 0 Å². The molecule has 0 spiro atoms. The third-order valence-electron chi connectivity index (χ3n) is 4.05. The summed E-state index contributed by atoms with van der Waals surface area (Å²) in [5.74, 6) is 0.950. The van der Waals surface area contributed by atoms with Crippen molar-refractivity contribution in [2.24, 2.45) is 0 Å². The molecule has 1 aliphatic rings. The van der Waals surface area contributed by atoms with E-state index < -0.39 is 0 Å². The van der Waals surface area contributed by atoms with E-state index in [1.165, 1.54) is 0 Å². The van der Waals surface area contributed by atoms with Gasteiger partial charge in [0.2, 0.25) is 0 Å². The van der Waals surface area contributed by atoms with E-state index in [1.807, 2.05) is 46.8 Å². The van der Waals surface area contributed by atoms with Crippen LogP contribution in [-0.2, 0) is 11.3 Å². The summed E-state index contributed by atoms with van der Waals surface area (Å²) in [5, 5.41) is 3.68. The normalized spacial score (nSPS) is 15.3. The standard InChI is InChI=1S/C18H23N3O2S/c22-18(20-8-12-24-17-5-10-23-11-6-17)16-3-1-15(2-4-16)13-21-9-7-19-14-21/h1-4,7,9,14,17H,5-6,8,10-13H2,(H,20,22). The number of imidazole rings is 1. The van der Waals surface area contributed by atoms with E-state index in [2.05, 4.69) is 10.3 Å². The Morgan fingerprint density at radius 1 is 1.29 bits per heavy atom. The Labute approximate surface area is 146 Å². The fourth-order valence-electron chi connectivity index (χ4n) is 2.69. The van der Waals surface area contributed by atoms with E-state index in [-0.39, 0.29) is 5.91 Å². The lowest BCUT2D eigenvalue weighted by Gasteiger charge is -2.21. The Kier molecular flexibility index (Phi) is 6.32. The molecule has 0 atom stereocenters. The van der Waals surface area contributed by atoms with E-state index in [0.29, 0.717) is 17.4 Å². The van der Waals surface area contributed by atoms with Gasteiger partial charge in [0, 0.05) is 55.3 Å². The molecule has 2 heterocycles. The zero-order valence-corrected chi connectivity index (χ0v) is 14.5. The highest BCUT2D eigenvalue weighted by atomic mass is 32.2. The number of benzene rings is 1. The largest absolute Gasteiger partial charge is 0.381 e. The molecule has 0 bridgehead atoms. The summed E-state index contributed by atoms with van der Waals surface area (Å²) in [6, 6.07) is 7.75. The van der Waals surface area contributed by atoms with Crippen LogP contribution in [-0.4, -0.2) is 46.2 Å². The maximum absolute atomic E-state index is 12.2. The molecule has 1 saturated heterocycles. The number of rotatable bonds is 7. The molecular weight excluding hydrogens is 322 g/mol. The molecule has 2 aromatic rings. The molecule has 5 nitrogen and oxygen atoms in total. The van der Waals surface area contributed by atoms with Gasteiger partial charge in [-0.25, -0.2) is 4.98 Å². The van der Waals surface area contributed by atoms with Gasteiger partial charge in [0.25, 0.3) is 5.91 Å². The fourth-order valence-corrected chi connectivity index (χ4v) is 3.77. The van der Waals surface area contributed by atoms with Gasteiger partial charge in [-0.2, -0.15) is 11.8 Å². The molecule has 128 valence electrons. The molecule has 1 aromatic heterocycles. The molecule has 3 rings (SSSR count). The molecule has 0 saturated carbocycles. The van der Waals surface area contributed by atoms with Gasteiger partial charge < -0.3 is 14.6 Å². The van der Waals surface area contributed by atoms with Crippen molar-refractivity contribution in [3.8, 4) is 0 Å². The van der Waals surface area contributed by atoms with Crippen LogP contribution in [0.25, 0.3) is 0 Å². The highest BCUT2D eigenvalue weighted by molar-refractivity contribution is 7.99. The lowest BCUT2D eigenvalue weighted by molar-refractivity contribution is 0.0955. The van der Waals surface area contributed by atoms with Crippen molar-refractivity contribution in [2.75, 3.05) is 25.5 Å². The molecular formula is C18H23N3O2S. The van der Waals surface area contributed by atoms with E-state index in [1.54, 1.807) is 12.5 Å². The summed E-state index contributed by atoms with van der Waals surface area (Å²) < 4.78 is 7.36. The van der Waals surface area contributed by atoms with Crippen molar-refractivity contribution in [1.82, 2.24) is 14.9 Å². The Morgan fingerprint density at radius 2 is 2.08 bits per heavy atom. The van der Waals surface area contributed by atoms with Crippen LogP contribution in [0.2, 0.25) is 0 Å². The molecule has 1 N–H and O–H groups in total. The van der Waals surface area contributed by atoms with Crippen LogP contribution >= 0.6 is 11.8 Å². The molecule has 0 radical (unpaired) electrons. The van der Waals surface area contributed by atoms with E-state index >= 15 is 0 Å². The van der Waals surface area contributed by atoms with Crippen molar-refractivity contribution in [3.05, 3.63) is 54.1 Å². The van der Waals surface area contributed by atoms with Gasteiger partial charge in [0.05, 0.1) is 6.33 Å². The van der Waals surface area contributed by atoms with Gasteiger partial charge in [-0.1, -0.05) is 12.1 Å². The van der Waals surface area contributed by atoms with E-state index in [9.17, 15) is 4.79 Å². The number of aromatic nitrogens is 2. The number of carbonyl (C=O) groups is 1. The van der Waals surface area contributed by atoms with Crippen LogP contribution in [0, 0.1) is 0 Å². The number of nitrogens with zero attached hydrogens (tertiary/aromatic N) is 2. The first-order chi connectivity index (χ1) is 11.8. The predicted octanol–water partition coefficient (Wildman–Crippen LogP) is 2.57. The lowest BCUT2D eigenvalue weighted by Crippen LogP contribution is -2.27. The minimum absolute atomic E-state index is 0.00300. The summed E-state index contributed by atoms with van der Waals surface area (Å²) in [5.41, 5.74) is 1.86. The third kappa shape index (κ3) is 5.11. The second-order valence-electron chi connectivity index (χ2n) is 5.87. The van der Waals surface area contributed by atoms with Crippen molar-refractivity contribution in [1.29, 1.82) is 0 Å². The van der Waals surface area contributed by atoms with Crippen molar-refractivity contribution in [2.45, 2.75) is 24.6 Å². The van der Waals surface area contributed by atoms with Crippen molar-refractivity contribution >= 4 is 17.7 Å². The molecule has 0 aliphatic carbocycles. The SMILES string of the molecule is O=C(NCCSC1CCOCC1)c1ccc(Cn2ccnc2)cc1. The monoisotopic (exact) mass is 345 g/mol. The molecule has 24 heavy (non-hydrogen) atoms. The second kappa shape index (κ2) is 8.89.